The van der Waals surface area contributed by atoms with Gasteiger partial charge in [0.05, 0.1) is 5.69 Å². The Bertz CT molecular complexity index is 384. The van der Waals surface area contributed by atoms with Gasteiger partial charge in [-0.2, -0.15) is 0 Å². The molecule has 1 N–H and O–H groups in total. The van der Waals surface area contributed by atoms with E-state index in [-0.39, 0.29) is 0 Å². The van der Waals surface area contributed by atoms with Crippen LogP contribution in [0.1, 0.15) is 31.4 Å². The van der Waals surface area contributed by atoms with Gasteiger partial charge in [-0.1, -0.05) is 5.21 Å². The summed E-state index contributed by atoms with van der Waals surface area (Å²) in [5.41, 5.74) is 1.09. The van der Waals surface area contributed by atoms with Crippen molar-refractivity contribution in [1.29, 1.82) is 0 Å². The van der Waals surface area contributed by atoms with Gasteiger partial charge in [0.15, 0.2) is 0 Å². The molecule has 18 heavy (non-hydrogen) atoms. The molecule has 1 aliphatic carbocycles. The number of aromatic nitrogens is 3. The molecular formula is C13H23N5. The lowest BCUT2D eigenvalue weighted by Gasteiger charge is -2.32. The van der Waals surface area contributed by atoms with Crippen LogP contribution >= 0.6 is 0 Å². The van der Waals surface area contributed by atoms with Crippen LogP contribution in [0.5, 0.6) is 0 Å². The lowest BCUT2D eigenvalue weighted by Crippen LogP contribution is -2.39. The molecule has 100 valence electrons. The second kappa shape index (κ2) is 5.36. The summed E-state index contributed by atoms with van der Waals surface area (Å²) in [5, 5.41) is 11.8. The highest BCUT2D eigenvalue weighted by molar-refractivity contribution is 4.93. The number of piperidine rings is 1. The van der Waals surface area contributed by atoms with E-state index >= 15 is 0 Å². The zero-order chi connectivity index (χ0) is 12.4. The van der Waals surface area contributed by atoms with E-state index in [0.717, 1.165) is 24.2 Å². The zero-order valence-electron chi connectivity index (χ0n) is 11.2. The molecule has 1 aromatic rings. The van der Waals surface area contributed by atoms with Crippen molar-refractivity contribution in [3.05, 3.63) is 11.9 Å². The van der Waals surface area contributed by atoms with Crippen LogP contribution in [0.2, 0.25) is 0 Å². The van der Waals surface area contributed by atoms with Crippen LogP contribution in [0.4, 0.5) is 0 Å². The van der Waals surface area contributed by atoms with Gasteiger partial charge in [-0.25, -0.2) is 0 Å². The molecule has 0 spiro atoms. The number of nitrogens with one attached hydrogen (secondary N) is 1. The Hall–Kier alpha value is -0.940. The third kappa shape index (κ3) is 3.29. The van der Waals surface area contributed by atoms with Crippen molar-refractivity contribution in [3.8, 4) is 0 Å². The Balaban J connectivity index is 1.46. The maximum Gasteiger partial charge on any atom is 0.0967 e. The summed E-state index contributed by atoms with van der Waals surface area (Å²) < 4.78 is 1.78. The number of likely N-dealkylation sites (tertiary alicyclic amines) is 1. The minimum absolute atomic E-state index is 0.816. The van der Waals surface area contributed by atoms with Crippen molar-refractivity contribution in [3.63, 3.8) is 0 Å². The Morgan fingerprint density at radius 1 is 1.39 bits per heavy atom. The molecule has 0 radical (unpaired) electrons. The minimum atomic E-state index is 0.816. The van der Waals surface area contributed by atoms with Crippen molar-refractivity contribution in [1.82, 2.24) is 25.2 Å². The van der Waals surface area contributed by atoms with Gasteiger partial charge in [0.25, 0.3) is 0 Å². The summed E-state index contributed by atoms with van der Waals surface area (Å²) in [5.74, 6) is 0.816. The highest BCUT2D eigenvalue weighted by Gasteiger charge is 2.24. The molecule has 1 atom stereocenters. The normalized spacial score (nSPS) is 25.5. The van der Waals surface area contributed by atoms with Gasteiger partial charge < -0.3 is 5.32 Å². The second-order valence-electron chi connectivity index (χ2n) is 5.81. The summed E-state index contributed by atoms with van der Waals surface area (Å²) >= 11 is 0. The summed E-state index contributed by atoms with van der Waals surface area (Å²) in [6, 6.07) is 0.834. The number of hydrogen-bond donors (Lipinski definition) is 1. The van der Waals surface area contributed by atoms with Crippen LogP contribution in [0.15, 0.2) is 6.20 Å². The van der Waals surface area contributed by atoms with E-state index in [1.54, 1.807) is 4.68 Å². The minimum Gasteiger partial charge on any atom is -0.314 e. The molecule has 3 rings (SSSR count). The Labute approximate surface area is 109 Å². The summed E-state index contributed by atoms with van der Waals surface area (Å²) in [6.45, 7) is 4.56. The van der Waals surface area contributed by atoms with E-state index < -0.39 is 0 Å². The third-order valence-corrected chi connectivity index (χ3v) is 3.91. The fraction of sp³-hybridized carbons (Fsp3) is 0.846. The van der Waals surface area contributed by atoms with Crippen LogP contribution in [0, 0.1) is 5.92 Å². The van der Waals surface area contributed by atoms with E-state index in [2.05, 4.69) is 20.5 Å². The smallest absolute Gasteiger partial charge is 0.0967 e. The molecule has 2 heterocycles. The van der Waals surface area contributed by atoms with Crippen molar-refractivity contribution in [2.45, 2.75) is 38.3 Å². The first-order valence-electron chi connectivity index (χ1n) is 7.10. The average Bonchev–Trinajstić information content (AvgIpc) is 3.11. The maximum absolute atomic E-state index is 4.17. The molecule has 1 unspecified atom stereocenters. The predicted octanol–water partition coefficient (Wildman–Crippen LogP) is 0.779. The molecule has 5 nitrogen and oxygen atoms in total. The van der Waals surface area contributed by atoms with Crippen LogP contribution in [0.3, 0.4) is 0 Å². The fourth-order valence-electron chi connectivity index (χ4n) is 2.78. The van der Waals surface area contributed by atoms with Gasteiger partial charge in [0.1, 0.15) is 0 Å². The van der Waals surface area contributed by atoms with Crippen LogP contribution in [-0.2, 0) is 13.6 Å². The summed E-state index contributed by atoms with van der Waals surface area (Å²) in [6.07, 6.45) is 7.48. The van der Waals surface area contributed by atoms with E-state index in [1.165, 1.54) is 45.3 Å². The highest BCUT2D eigenvalue weighted by Crippen LogP contribution is 2.21. The molecule has 1 saturated heterocycles. The van der Waals surface area contributed by atoms with E-state index in [4.69, 9.17) is 0 Å². The summed E-state index contributed by atoms with van der Waals surface area (Å²) in [7, 11) is 1.93. The topological polar surface area (TPSA) is 46.0 Å². The van der Waals surface area contributed by atoms with Crippen molar-refractivity contribution >= 4 is 0 Å². The van der Waals surface area contributed by atoms with E-state index in [0.29, 0.717) is 0 Å². The number of rotatable bonds is 5. The third-order valence-electron chi connectivity index (χ3n) is 3.91. The Kier molecular flexibility index (Phi) is 3.61. The second-order valence-corrected chi connectivity index (χ2v) is 5.81. The number of aryl methyl sites for hydroxylation is 1. The van der Waals surface area contributed by atoms with Gasteiger partial charge in [-0.05, 0) is 44.7 Å². The molecule has 0 bridgehead atoms. The quantitative estimate of drug-likeness (QED) is 0.837. The number of hydrogen-bond acceptors (Lipinski definition) is 4. The fourth-order valence-corrected chi connectivity index (χ4v) is 2.78. The van der Waals surface area contributed by atoms with Gasteiger partial charge in [0.2, 0.25) is 0 Å². The molecule has 1 saturated carbocycles. The van der Waals surface area contributed by atoms with Crippen molar-refractivity contribution < 1.29 is 0 Å². The monoisotopic (exact) mass is 249 g/mol. The predicted molar refractivity (Wildman–Crippen MR) is 70.0 cm³/mol. The van der Waals surface area contributed by atoms with Gasteiger partial charge in [-0.15, -0.1) is 5.10 Å². The zero-order valence-corrected chi connectivity index (χ0v) is 11.2. The van der Waals surface area contributed by atoms with Crippen LogP contribution in [-0.4, -0.2) is 45.6 Å². The average molecular weight is 249 g/mol. The van der Waals surface area contributed by atoms with Crippen molar-refractivity contribution in [2.75, 3.05) is 19.6 Å². The van der Waals surface area contributed by atoms with Gasteiger partial charge >= 0.3 is 0 Å². The number of nitrogens with zero attached hydrogens (tertiary/aromatic N) is 4. The highest BCUT2D eigenvalue weighted by atomic mass is 15.4. The van der Waals surface area contributed by atoms with Crippen molar-refractivity contribution in [2.24, 2.45) is 13.0 Å². The molecular weight excluding hydrogens is 226 g/mol. The lowest BCUT2D eigenvalue weighted by atomic mass is 9.98. The van der Waals surface area contributed by atoms with Crippen LogP contribution in [0.25, 0.3) is 0 Å². The largest absolute Gasteiger partial charge is 0.314 e. The Morgan fingerprint density at radius 2 is 2.28 bits per heavy atom. The SMILES string of the molecule is Cn1cc(CN2CCCC(CNC3CC3)C2)nn1. The van der Waals surface area contributed by atoms with Gasteiger partial charge in [0, 0.05) is 32.4 Å². The first-order chi connectivity index (χ1) is 8.79. The van der Waals surface area contributed by atoms with Gasteiger partial charge in [-0.3, -0.25) is 9.58 Å². The molecule has 2 fully saturated rings. The molecule has 2 aliphatic rings. The lowest BCUT2D eigenvalue weighted by molar-refractivity contribution is 0.163. The molecule has 0 amide bonds. The first kappa shape index (κ1) is 12.1. The standard InChI is InChI=1S/C13H23N5/c1-17-9-13(15-16-17)10-18-6-2-3-11(8-18)7-14-12-4-5-12/h9,11-12,14H,2-8,10H2,1H3. The van der Waals surface area contributed by atoms with Crippen LogP contribution < -0.4 is 5.32 Å². The van der Waals surface area contributed by atoms with E-state index in [1.807, 2.05) is 13.2 Å². The summed E-state index contributed by atoms with van der Waals surface area (Å²) in [4.78, 5) is 2.52. The molecule has 1 aromatic heterocycles. The maximum atomic E-state index is 4.17. The van der Waals surface area contributed by atoms with E-state index in [9.17, 15) is 0 Å². The molecule has 5 heteroatoms. The molecule has 0 aromatic carbocycles. The first-order valence-corrected chi connectivity index (χ1v) is 7.10. The molecule has 1 aliphatic heterocycles. The Morgan fingerprint density at radius 3 is 3.00 bits per heavy atom.